The summed E-state index contributed by atoms with van der Waals surface area (Å²) in [5, 5.41) is 2.89. The van der Waals surface area contributed by atoms with Gasteiger partial charge in [-0.1, -0.05) is 18.2 Å². The van der Waals surface area contributed by atoms with E-state index in [1.807, 2.05) is 24.3 Å². The number of pyridine rings is 1. The van der Waals surface area contributed by atoms with Crippen molar-refractivity contribution in [2.24, 2.45) is 0 Å². The molecule has 3 aromatic rings. The molecule has 0 radical (unpaired) electrons. The number of aromatic nitrogens is 1. The molecule has 1 aliphatic rings. The zero-order valence-corrected chi connectivity index (χ0v) is 17.4. The zero-order chi connectivity index (χ0) is 22.4. The molecule has 2 N–H and O–H groups in total. The highest BCUT2D eigenvalue weighted by molar-refractivity contribution is 5.94. The van der Waals surface area contributed by atoms with Crippen LogP contribution in [0.1, 0.15) is 33.2 Å². The van der Waals surface area contributed by atoms with Gasteiger partial charge >= 0.3 is 0 Å². The number of rotatable bonds is 4. The Hall–Kier alpha value is -3.65. The van der Waals surface area contributed by atoms with E-state index in [0.29, 0.717) is 17.2 Å². The van der Waals surface area contributed by atoms with E-state index in [0.717, 1.165) is 11.1 Å². The SMILES string of the molecule is COC.COc1ccc2c(c1)Oc1ccccc1C2NC(=O)c1ccc(CF)[nH]c1=O. The smallest absolute Gasteiger partial charge is 0.261 e. The Bertz CT molecular complexity index is 1130. The lowest BCUT2D eigenvalue weighted by Gasteiger charge is -2.29. The van der Waals surface area contributed by atoms with Gasteiger partial charge in [-0.25, -0.2) is 4.39 Å². The minimum Gasteiger partial charge on any atom is -0.497 e. The van der Waals surface area contributed by atoms with Gasteiger partial charge in [-0.2, -0.15) is 0 Å². The van der Waals surface area contributed by atoms with Crippen LogP contribution in [0.3, 0.4) is 0 Å². The minimum atomic E-state index is -0.806. The van der Waals surface area contributed by atoms with E-state index < -0.39 is 24.2 Å². The number of alkyl halides is 1. The van der Waals surface area contributed by atoms with Gasteiger partial charge in [0.05, 0.1) is 13.2 Å². The van der Waals surface area contributed by atoms with Gasteiger partial charge in [0.25, 0.3) is 11.5 Å². The molecule has 7 nitrogen and oxygen atoms in total. The first-order chi connectivity index (χ1) is 15.0. The highest BCUT2D eigenvalue weighted by Gasteiger charge is 2.29. The van der Waals surface area contributed by atoms with Gasteiger partial charge in [-0.05, 0) is 30.3 Å². The summed E-state index contributed by atoms with van der Waals surface area (Å²) >= 11 is 0. The van der Waals surface area contributed by atoms with Crippen molar-refractivity contribution < 1.29 is 23.4 Å². The second kappa shape index (κ2) is 9.90. The molecule has 0 spiro atoms. The first-order valence-corrected chi connectivity index (χ1v) is 9.46. The van der Waals surface area contributed by atoms with Crippen molar-refractivity contribution in [3.05, 3.63) is 87.3 Å². The number of ether oxygens (including phenoxy) is 3. The molecule has 2 heterocycles. The summed E-state index contributed by atoms with van der Waals surface area (Å²) in [6.07, 6.45) is 0. The fourth-order valence-corrected chi connectivity index (χ4v) is 3.20. The number of hydrogen-bond acceptors (Lipinski definition) is 5. The molecule has 1 unspecified atom stereocenters. The molecule has 162 valence electrons. The molecule has 0 fully saturated rings. The number of hydrogen-bond donors (Lipinski definition) is 2. The van der Waals surface area contributed by atoms with Crippen molar-refractivity contribution in [3.63, 3.8) is 0 Å². The fourth-order valence-electron chi connectivity index (χ4n) is 3.20. The quantitative estimate of drug-likeness (QED) is 0.663. The molecule has 1 amide bonds. The number of methoxy groups -OCH3 is 2. The van der Waals surface area contributed by atoms with Gasteiger partial charge in [-0.3, -0.25) is 9.59 Å². The van der Waals surface area contributed by atoms with Crippen LogP contribution in [0.25, 0.3) is 0 Å². The third-order valence-corrected chi connectivity index (χ3v) is 4.62. The lowest BCUT2D eigenvalue weighted by molar-refractivity contribution is 0.0940. The summed E-state index contributed by atoms with van der Waals surface area (Å²) in [6.45, 7) is -0.806. The van der Waals surface area contributed by atoms with Gasteiger partial charge in [0.2, 0.25) is 0 Å². The Morgan fingerprint density at radius 1 is 1.06 bits per heavy atom. The number of halogens is 1. The van der Waals surface area contributed by atoms with Crippen LogP contribution in [0.5, 0.6) is 17.2 Å². The number of H-pyrrole nitrogens is 1. The second-order valence-electron chi connectivity index (χ2n) is 6.72. The number of aromatic amines is 1. The number of fused-ring (bicyclic) bond motifs is 2. The number of para-hydroxylation sites is 1. The van der Waals surface area contributed by atoms with Crippen LogP contribution in [0.4, 0.5) is 4.39 Å². The fraction of sp³-hybridized carbons (Fsp3) is 0.217. The van der Waals surface area contributed by atoms with Crippen LogP contribution in [0, 0.1) is 0 Å². The van der Waals surface area contributed by atoms with E-state index in [-0.39, 0.29) is 11.3 Å². The Morgan fingerprint density at radius 2 is 1.77 bits per heavy atom. The zero-order valence-electron chi connectivity index (χ0n) is 17.4. The molecule has 1 aliphatic heterocycles. The maximum absolute atomic E-state index is 12.8. The van der Waals surface area contributed by atoms with Crippen LogP contribution in [0.15, 0.2) is 59.4 Å². The van der Waals surface area contributed by atoms with Gasteiger partial charge < -0.3 is 24.5 Å². The molecule has 8 heteroatoms. The second-order valence-corrected chi connectivity index (χ2v) is 6.72. The Kier molecular flexibility index (Phi) is 7.04. The molecule has 0 aliphatic carbocycles. The lowest BCUT2D eigenvalue weighted by atomic mass is 9.94. The summed E-state index contributed by atoms with van der Waals surface area (Å²) in [6, 6.07) is 14.9. The normalized spacial score (nSPS) is 13.6. The van der Waals surface area contributed by atoms with Crippen molar-refractivity contribution in [1.82, 2.24) is 10.3 Å². The van der Waals surface area contributed by atoms with E-state index in [1.165, 1.54) is 12.1 Å². The number of nitrogens with one attached hydrogen (secondary N) is 2. The molecular formula is C23H23FN2O5. The summed E-state index contributed by atoms with van der Waals surface area (Å²) in [5.74, 6) is 1.23. The summed E-state index contributed by atoms with van der Waals surface area (Å²) in [7, 11) is 4.81. The molecule has 2 aromatic carbocycles. The van der Waals surface area contributed by atoms with Crippen LogP contribution < -0.4 is 20.3 Å². The molecule has 1 atom stereocenters. The average Bonchev–Trinajstić information content (AvgIpc) is 2.78. The molecule has 0 saturated heterocycles. The summed E-state index contributed by atoms with van der Waals surface area (Å²) in [5.41, 5.74) is 0.907. The molecule has 31 heavy (non-hydrogen) atoms. The first kappa shape index (κ1) is 22.0. The van der Waals surface area contributed by atoms with E-state index >= 15 is 0 Å². The standard InChI is InChI=1S/C21H17FN2O4.C2H6O/c1-27-13-7-9-15-18(10-13)28-17-5-3-2-4-14(17)19(15)24-21(26)16-8-6-12(11-22)23-20(16)25;1-3-2/h2-10,19H,11H2,1H3,(H,23,25)(H,24,26);1-2H3. The summed E-state index contributed by atoms with van der Waals surface area (Å²) in [4.78, 5) is 27.3. The maximum atomic E-state index is 12.8. The molecule has 4 rings (SSSR count). The van der Waals surface area contributed by atoms with Gasteiger partial charge in [-0.15, -0.1) is 0 Å². The topological polar surface area (TPSA) is 89.7 Å². The van der Waals surface area contributed by atoms with Crippen LogP contribution in [-0.4, -0.2) is 32.2 Å². The highest BCUT2D eigenvalue weighted by atomic mass is 19.1. The number of carbonyl (C=O) groups is 1. The van der Waals surface area contributed by atoms with Crippen LogP contribution >= 0.6 is 0 Å². The van der Waals surface area contributed by atoms with Gasteiger partial charge in [0, 0.05) is 37.1 Å². The van der Waals surface area contributed by atoms with Crippen molar-refractivity contribution in [1.29, 1.82) is 0 Å². The van der Waals surface area contributed by atoms with Crippen molar-refractivity contribution in [2.75, 3.05) is 21.3 Å². The Labute approximate surface area is 178 Å². The van der Waals surface area contributed by atoms with Crippen LogP contribution in [-0.2, 0) is 11.4 Å². The highest BCUT2D eigenvalue weighted by Crippen LogP contribution is 2.44. The third kappa shape index (κ3) is 4.75. The number of benzene rings is 2. The number of carbonyl (C=O) groups excluding carboxylic acids is 1. The van der Waals surface area contributed by atoms with Gasteiger partial charge in [0.15, 0.2) is 0 Å². The molecule has 0 saturated carbocycles. The Balaban J connectivity index is 0.000000858. The van der Waals surface area contributed by atoms with Crippen molar-refractivity contribution >= 4 is 5.91 Å². The Morgan fingerprint density at radius 3 is 2.45 bits per heavy atom. The van der Waals surface area contributed by atoms with E-state index in [4.69, 9.17) is 9.47 Å². The molecular weight excluding hydrogens is 403 g/mol. The maximum Gasteiger partial charge on any atom is 0.261 e. The first-order valence-electron chi connectivity index (χ1n) is 9.46. The van der Waals surface area contributed by atoms with E-state index in [2.05, 4.69) is 15.0 Å². The summed E-state index contributed by atoms with van der Waals surface area (Å²) < 4.78 is 28.2. The van der Waals surface area contributed by atoms with Crippen molar-refractivity contribution in [2.45, 2.75) is 12.7 Å². The largest absolute Gasteiger partial charge is 0.497 e. The third-order valence-electron chi connectivity index (χ3n) is 4.62. The minimum absolute atomic E-state index is 0.0868. The predicted molar refractivity (Wildman–Crippen MR) is 114 cm³/mol. The van der Waals surface area contributed by atoms with E-state index in [1.54, 1.807) is 39.5 Å². The molecule has 1 aromatic heterocycles. The average molecular weight is 426 g/mol. The number of amides is 1. The van der Waals surface area contributed by atoms with E-state index in [9.17, 15) is 14.0 Å². The predicted octanol–water partition coefficient (Wildman–Crippen LogP) is 3.74. The molecule has 0 bridgehead atoms. The van der Waals surface area contributed by atoms with Crippen LogP contribution in [0.2, 0.25) is 0 Å². The van der Waals surface area contributed by atoms with Crippen molar-refractivity contribution in [3.8, 4) is 17.2 Å². The lowest BCUT2D eigenvalue weighted by Crippen LogP contribution is -2.34. The monoisotopic (exact) mass is 426 g/mol. The van der Waals surface area contributed by atoms with Gasteiger partial charge in [0.1, 0.15) is 29.5 Å².